The first-order valence-corrected chi connectivity index (χ1v) is 8.90. The van der Waals surface area contributed by atoms with Crippen LogP contribution in [0.5, 0.6) is 5.75 Å². The zero-order valence-electron chi connectivity index (χ0n) is 15.0. The topological polar surface area (TPSA) is 71.1 Å². The van der Waals surface area contributed by atoms with Crippen molar-refractivity contribution in [2.45, 2.75) is 25.0 Å². The van der Waals surface area contributed by atoms with Crippen molar-refractivity contribution in [3.63, 3.8) is 0 Å². The van der Waals surface area contributed by atoms with Gasteiger partial charge in [-0.3, -0.25) is 9.69 Å². The first-order valence-electron chi connectivity index (χ1n) is 8.90. The maximum Gasteiger partial charge on any atom is 0.322 e. The smallest absolute Gasteiger partial charge is 0.322 e. The predicted octanol–water partition coefficient (Wildman–Crippen LogP) is 1.67. The van der Waals surface area contributed by atoms with Gasteiger partial charge in [0.2, 0.25) is 0 Å². The normalized spacial score (nSPS) is 25.6. The summed E-state index contributed by atoms with van der Waals surface area (Å²) in [5.41, 5.74) is 2.29. The zero-order chi connectivity index (χ0) is 18.3. The average molecular weight is 357 g/mol. The Hall–Kier alpha value is -2.54. The van der Waals surface area contributed by atoms with Crippen LogP contribution >= 0.6 is 0 Å². The largest absolute Gasteiger partial charge is 0.497 e. The Bertz CT molecular complexity index is 753. The average Bonchev–Trinajstić information content (AvgIpc) is 3.28. The van der Waals surface area contributed by atoms with E-state index in [1.165, 1.54) is 0 Å². The highest BCUT2D eigenvalue weighted by molar-refractivity contribution is 6.01. The Morgan fingerprint density at radius 2 is 2.04 bits per heavy atom. The third-order valence-electron chi connectivity index (χ3n) is 5.33. The van der Waals surface area contributed by atoms with E-state index in [9.17, 15) is 9.59 Å². The van der Waals surface area contributed by atoms with Gasteiger partial charge in [0, 0.05) is 20.2 Å². The van der Waals surface area contributed by atoms with Gasteiger partial charge in [-0.2, -0.15) is 0 Å². The summed E-state index contributed by atoms with van der Waals surface area (Å²) in [6, 6.07) is 6.80. The summed E-state index contributed by atoms with van der Waals surface area (Å²) < 4.78 is 10.9. The summed E-state index contributed by atoms with van der Waals surface area (Å²) in [5.74, 6) is 0.711. The lowest BCUT2D eigenvalue weighted by molar-refractivity contribution is -0.127. The van der Waals surface area contributed by atoms with E-state index in [4.69, 9.17) is 9.47 Å². The number of carbonyl (C=O) groups excluding carboxylic acids is 2. The summed E-state index contributed by atoms with van der Waals surface area (Å²) in [4.78, 5) is 28.8. The highest BCUT2D eigenvalue weighted by Crippen LogP contribution is 2.36. The molecule has 1 N–H and O–H groups in total. The fourth-order valence-corrected chi connectivity index (χ4v) is 3.85. The molecule has 3 heterocycles. The number of urea groups is 1. The summed E-state index contributed by atoms with van der Waals surface area (Å²) in [6.07, 6.45) is 2.10. The van der Waals surface area contributed by atoms with E-state index in [0.29, 0.717) is 18.7 Å². The third kappa shape index (κ3) is 2.82. The molecule has 0 aromatic heterocycles. The Kier molecular flexibility index (Phi) is 4.32. The fourth-order valence-electron chi connectivity index (χ4n) is 3.85. The molecule has 7 heteroatoms. The fraction of sp³-hybridized carbons (Fsp3) is 0.474. The lowest BCUT2D eigenvalue weighted by atomic mass is 9.95. The molecular formula is C19H23N3O4. The quantitative estimate of drug-likeness (QED) is 0.890. The molecule has 1 fully saturated rings. The van der Waals surface area contributed by atoms with E-state index < -0.39 is 6.04 Å². The van der Waals surface area contributed by atoms with Crippen molar-refractivity contribution in [1.29, 1.82) is 0 Å². The standard InChI is InChI=1S/C19H23N3O4/c1-21-15-11-22(10-14-4-3-9-26-14)18(23)16(15)17(20-19(21)24)12-5-7-13(25-2)8-6-12/h5-8,14,17H,3-4,9-11H2,1-2H3,(H,20,24)/t14-,17+/m1/s1. The zero-order valence-corrected chi connectivity index (χ0v) is 15.0. The molecule has 0 aliphatic carbocycles. The van der Waals surface area contributed by atoms with Gasteiger partial charge in [-0.25, -0.2) is 4.79 Å². The van der Waals surface area contributed by atoms with Gasteiger partial charge in [0.05, 0.1) is 37.1 Å². The van der Waals surface area contributed by atoms with Gasteiger partial charge >= 0.3 is 6.03 Å². The predicted molar refractivity (Wildman–Crippen MR) is 94.6 cm³/mol. The lowest BCUT2D eigenvalue weighted by Crippen LogP contribution is -2.45. The molecule has 7 nitrogen and oxygen atoms in total. The third-order valence-corrected chi connectivity index (χ3v) is 5.33. The van der Waals surface area contributed by atoms with Crippen LogP contribution in [0.1, 0.15) is 24.4 Å². The highest BCUT2D eigenvalue weighted by Gasteiger charge is 2.43. The summed E-state index contributed by atoms with van der Waals surface area (Å²) >= 11 is 0. The van der Waals surface area contributed by atoms with Crippen LogP contribution in [0.15, 0.2) is 35.5 Å². The number of hydrogen-bond acceptors (Lipinski definition) is 4. The summed E-state index contributed by atoms with van der Waals surface area (Å²) in [7, 11) is 3.31. The molecule has 0 spiro atoms. The van der Waals surface area contributed by atoms with Crippen molar-refractivity contribution in [2.75, 3.05) is 33.9 Å². The maximum absolute atomic E-state index is 13.1. The van der Waals surface area contributed by atoms with E-state index in [0.717, 1.165) is 36.5 Å². The SMILES string of the molecule is COc1ccc([C@@H]2NC(=O)N(C)C3=C2C(=O)N(C[C@H]2CCCO2)C3)cc1. The molecule has 3 amide bonds. The first-order chi connectivity index (χ1) is 12.6. The van der Waals surface area contributed by atoms with Crippen LogP contribution in [-0.2, 0) is 9.53 Å². The van der Waals surface area contributed by atoms with Crippen molar-refractivity contribution in [3.8, 4) is 5.75 Å². The number of carbonyl (C=O) groups is 2. The minimum absolute atomic E-state index is 0.0248. The van der Waals surface area contributed by atoms with Gasteiger partial charge in [0.25, 0.3) is 5.91 Å². The van der Waals surface area contributed by atoms with Crippen molar-refractivity contribution in [3.05, 3.63) is 41.1 Å². The van der Waals surface area contributed by atoms with Crippen molar-refractivity contribution >= 4 is 11.9 Å². The Morgan fingerprint density at radius 1 is 1.27 bits per heavy atom. The second-order valence-electron chi connectivity index (χ2n) is 6.90. The summed E-state index contributed by atoms with van der Waals surface area (Å²) in [5, 5.41) is 2.95. The second-order valence-corrected chi connectivity index (χ2v) is 6.90. The van der Waals surface area contributed by atoms with E-state index in [-0.39, 0.29) is 18.0 Å². The van der Waals surface area contributed by atoms with Gasteiger partial charge < -0.3 is 19.7 Å². The monoisotopic (exact) mass is 357 g/mol. The minimum Gasteiger partial charge on any atom is -0.497 e. The molecule has 1 saturated heterocycles. The number of nitrogens with one attached hydrogen (secondary N) is 1. The molecule has 2 atom stereocenters. The van der Waals surface area contributed by atoms with Crippen LogP contribution in [0.2, 0.25) is 0 Å². The van der Waals surface area contributed by atoms with Crippen LogP contribution < -0.4 is 10.1 Å². The molecule has 4 rings (SSSR count). The molecule has 26 heavy (non-hydrogen) atoms. The molecular weight excluding hydrogens is 334 g/mol. The van der Waals surface area contributed by atoms with Crippen LogP contribution in [0, 0.1) is 0 Å². The van der Waals surface area contributed by atoms with Crippen molar-refractivity contribution in [2.24, 2.45) is 0 Å². The molecule has 3 aliphatic heterocycles. The first kappa shape index (κ1) is 16.9. The van der Waals surface area contributed by atoms with Gasteiger partial charge in [-0.05, 0) is 30.5 Å². The molecule has 1 aromatic rings. The van der Waals surface area contributed by atoms with Gasteiger partial charge in [0.1, 0.15) is 5.75 Å². The number of rotatable bonds is 4. The number of benzene rings is 1. The van der Waals surface area contributed by atoms with E-state index in [1.54, 1.807) is 24.0 Å². The van der Waals surface area contributed by atoms with E-state index >= 15 is 0 Å². The number of amides is 3. The van der Waals surface area contributed by atoms with Crippen molar-refractivity contribution < 1.29 is 19.1 Å². The Morgan fingerprint density at radius 3 is 2.69 bits per heavy atom. The van der Waals surface area contributed by atoms with Crippen LogP contribution in [0.4, 0.5) is 4.79 Å². The number of hydrogen-bond donors (Lipinski definition) is 1. The molecule has 1 aromatic carbocycles. The van der Waals surface area contributed by atoms with Gasteiger partial charge in [-0.1, -0.05) is 12.1 Å². The molecule has 0 radical (unpaired) electrons. The van der Waals surface area contributed by atoms with Gasteiger partial charge in [-0.15, -0.1) is 0 Å². The molecule has 138 valence electrons. The highest BCUT2D eigenvalue weighted by atomic mass is 16.5. The second kappa shape index (κ2) is 6.64. The minimum atomic E-state index is -0.443. The van der Waals surface area contributed by atoms with E-state index in [2.05, 4.69) is 5.32 Å². The number of nitrogens with zero attached hydrogens (tertiary/aromatic N) is 2. The molecule has 0 bridgehead atoms. The summed E-state index contributed by atoms with van der Waals surface area (Å²) in [6.45, 7) is 1.78. The molecule has 0 saturated carbocycles. The maximum atomic E-state index is 13.1. The Balaban J connectivity index is 1.62. The number of ether oxygens (including phenoxy) is 2. The molecule has 3 aliphatic rings. The van der Waals surface area contributed by atoms with Crippen molar-refractivity contribution in [1.82, 2.24) is 15.1 Å². The Labute approximate surface area is 152 Å². The van der Waals surface area contributed by atoms with E-state index in [1.807, 2.05) is 24.3 Å². The van der Waals surface area contributed by atoms with Gasteiger partial charge in [0.15, 0.2) is 0 Å². The van der Waals surface area contributed by atoms with Crippen LogP contribution in [0.3, 0.4) is 0 Å². The number of likely N-dealkylation sites (N-methyl/N-ethyl adjacent to an activating group) is 1. The van der Waals surface area contributed by atoms with Crippen LogP contribution in [-0.4, -0.2) is 61.7 Å². The molecule has 0 unspecified atom stereocenters. The lowest BCUT2D eigenvalue weighted by Gasteiger charge is -2.31. The van der Waals surface area contributed by atoms with Crippen LogP contribution in [0.25, 0.3) is 0 Å². The number of methoxy groups -OCH3 is 1.